The van der Waals surface area contributed by atoms with Crippen molar-refractivity contribution in [1.82, 2.24) is 25.4 Å². The number of hydrogen-bond donors (Lipinski definition) is 2. The molecule has 0 aliphatic carbocycles. The second-order valence-corrected chi connectivity index (χ2v) is 12.7. The van der Waals surface area contributed by atoms with Crippen molar-refractivity contribution in [3.8, 4) is 11.5 Å². The highest BCUT2D eigenvalue weighted by molar-refractivity contribution is 5.96. The van der Waals surface area contributed by atoms with Crippen molar-refractivity contribution < 1.29 is 28.2 Å². The number of esters is 1. The first kappa shape index (κ1) is 35.9. The number of nitrogens with one attached hydrogen (secondary N) is 2. The molecule has 1 fully saturated rings. The summed E-state index contributed by atoms with van der Waals surface area (Å²) in [6, 6.07) is 16.4. The Morgan fingerprint density at radius 3 is 2.44 bits per heavy atom. The molecule has 0 saturated carbocycles. The number of aryl methyl sites for hydroxylation is 2. The van der Waals surface area contributed by atoms with Gasteiger partial charge in [0, 0.05) is 12.1 Å². The van der Waals surface area contributed by atoms with Crippen LogP contribution in [-0.2, 0) is 20.9 Å². The smallest absolute Gasteiger partial charge is 0.314 e. The fraction of sp³-hybridized carbons (Fsp3) is 0.368. The number of likely N-dealkylation sites (tertiary alicyclic amines) is 1. The average molecular weight is 684 g/mol. The standard InChI is InChI=1S/C38H42FN5O6/c1-6-38(7-2,37(48)49-22-26-12-9-8-10-13-26)33-17-16-30(27-14-11-15-28(39)20-27)44(33)36(47)25(5)41-34(45)29-18-23(3)32(21-40-29)50-31-19-24(4)42-43-35(31)46/h8-15,18-21,25,30,33H,6-7,16-17,22H2,1-5H3,(H,41,45)(H,43,46)/t25-,30+,33-/m1/s1. The van der Waals surface area contributed by atoms with Gasteiger partial charge in [-0.05, 0) is 81.3 Å². The normalized spacial score (nSPS) is 16.5. The highest BCUT2D eigenvalue weighted by Gasteiger charge is 2.53. The molecule has 0 unspecified atom stereocenters. The van der Waals surface area contributed by atoms with Gasteiger partial charge in [0.25, 0.3) is 5.91 Å². The Hall–Kier alpha value is -5.39. The van der Waals surface area contributed by atoms with Crippen molar-refractivity contribution in [2.24, 2.45) is 5.41 Å². The summed E-state index contributed by atoms with van der Waals surface area (Å²) >= 11 is 0. The van der Waals surface area contributed by atoms with E-state index in [1.165, 1.54) is 30.5 Å². The molecule has 2 amide bonds. The maximum Gasteiger partial charge on any atom is 0.314 e. The molecule has 1 aliphatic heterocycles. The van der Waals surface area contributed by atoms with Gasteiger partial charge in [-0.3, -0.25) is 19.2 Å². The second-order valence-electron chi connectivity index (χ2n) is 12.7. The summed E-state index contributed by atoms with van der Waals surface area (Å²) in [5, 5.41) is 8.95. The van der Waals surface area contributed by atoms with Gasteiger partial charge in [0.2, 0.25) is 5.91 Å². The molecular formula is C38H42FN5O6. The van der Waals surface area contributed by atoms with E-state index in [0.717, 1.165) is 5.56 Å². The number of hydrogen-bond acceptors (Lipinski definition) is 8. The van der Waals surface area contributed by atoms with Crippen LogP contribution >= 0.6 is 0 Å². The molecule has 2 N–H and O–H groups in total. The minimum atomic E-state index is -1.04. The van der Waals surface area contributed by atoms with E-state index in [4.69, 9.17) is 9.47 Å². The molecule has 11 nitrogen and oxygen atoms in total. The molecule has 5 rings (SSSR count). The molecule has 1 saturated heterocycles. The Bertz CT molecular complexity index is 1910. The summed E-state index contributed by atoms with van der Waals surface area (Å²) in [6.45, 7) is 8.89. The van der Waals surface area contributed by atoms with Gasteiger partial charge in [0.05, 0.1) is 23.3 Å². The van der Waals surface area contributed by atoms with E-state index in [1.54, 1.807) is 37.8 Å². The minimum Gasteiger partial charge on any atom is -0.460 e. The number of aromatic nitrogens is 3. The first-order valence-electron chi connectivity index (χ1n) is 16.8. The van der Waals surface area contributed by atoms with Crippen molar-refractivity contribution >= 4 is 17.8 Å². The molecule has 0 radical (unpaired) electrons. The minimum absolute atomic E-state index is 0.0334. The molecule has 3 heterocycles. The highest BCUT2D eigenvalue weighted by atomic mass is 19.1. The van der Waals surface area contributed by atoms with Gasteiger partial charge in [-0.2, -0.15) is 5.10 Å². The third-order valence-corrected chi connectivity index (χ3v) is 9.52. The molecule has 2 aromatic heterocycles. The van der Waals surface area contributed by atoms with E-state index in [-0.39, 0.29) is 23.8 Å². The van der Waals surface area contributed by atoms with Crippen molar-refractivity contribution in [2.75, 3.05) is 0 Å². The lowest BCUT2D eigenvalue weighted by atomic mass is 9.74. The Labute approximate surface area is 290 Å². The summed E-state index contributed by atoms with van der Waals surface area (Å²) in [4.78, 5) is 59.9. The Kier molecular flexibility index (Phi) is 11.1. The maximum absolute atomic E-state index is 14.5. The molecule has 1 aliphatic rings. The zero-order chi connectivity index (χ0) is 36.0. The molecule has 3 atom stereocenters. The predicted molar refractivity (Wildman–Crippen MR) is 184 cm³/mol. The number of benzene rings is 2. The van der Waals surface area contributed by atoms with Crippen LogP contribution in [0.1, 0.15) is 85.4 Å². The van der Waals surface area contributed by atoms with Crippen molar-refractivity contribution in [2.45, 2.75) is 85.0 Å². The monoisotopic (exact) mass is 683 g/mol. The number of carbonyl (C=O) groups is 3. The van der Waals surface area contributed by atoms with E-state index < -0.39 is 52.7 Å². The molecular weight excluding hydrogens is 641 g/mol. The molecule has 12 heteroatoms. The van der Waals surface area contributed by atoms with Crippen molar-refractivity contribution in [3.05, 3.63) is 117 Å². The lowest BCUT2D eigenvalue weighted by Gasteiger charge is -2.43. The number of aromatic amines is 1. The van der Waals surface area contributed by atoms with E-state index in [0.29, 0.717) is 42.5 Å². The first-order chi connectivity index (χ1) is 24.0. The molecule has 4 aromatic rings. The number of ether oxygens (including phenoxy) is 2. The SMILES string of the molecule is CCC(CC)(C(=O)OCc1ccccc1)[C@H]1CC[C@@H](c2cccc(F)c2)N1C(=O)[C@@H](C)NC(=O)c1cc(C)c(Oc2cc(C)n[nH]c2=O)cn1. The number of halogens is 1. The van der Waals surface area contributed by atoms with Crippen LogP contribution in [0.25, 0.3) is 0 Å². The third kappa shape index (κ3) is 7.59. The van der Waals surface area contributed by atoms with E-state index in [2.05, 4.69) is 20.5 Å². The highest BCUT2D eigenvalue weighted by Crippen LogP contribution is 2.47. The van der Waals surface area contributed by atoms with Crippen molar-refractivity contribution in [3.63, 3.8) is 0 Å². The van der Waals surface area contributed by atoms with E-state index in [1.807, 2.05) is 44.2 Å². The Morgan fingerprint density at radius 2 is 1.76 bits per heavy atom. The number of carbonyl (C=O) groups excluding carboxylic acids is 3. The zero-order valence-corrected chi connectivity index (χ0v) is 28.9. The molecule has 50 heavy (non-hydrogen) atoms. The van der Waals surface area contributed by atoms with Gasteiger partial charge < -0.3 is 19.7 Å². The average Bonchev–Trinajstić information content (AvgIpc) is 3.56. The summed E-state index contributed by atoms with van der Waals surface area (Å²) in [7, 11) is 0. The predicted octanol–water partition coefficient (Wildman–Crippen LogP) is 6.11. The number of H-pyrrole nitrogens is 1. The number of rotatable bonds is 12. The van der Waals surface area contributed by atoms with Crippen LogP contribution in [0.15, 0.2) is 77.7 Å². The molecule has 0 spiro atoms. The lowest BCUT2D eigenvalue weighted by molar-refractivity contribution is -0.164. The van der Waals surface area contributed by atoms with Gasteiger partial charge in [-0.25, -0.2) is 14.5 Å². The molecule has 262 valence electrons. The largest absolute Gasteiger partial charge is 0.460 e. The van der Waals surface area contributed by atoms with Crippen LogP contribution in [0.5, 0.6) is 11.5 Å². The van der Waals surface area contributed by atoms with E-state index in [9.17, 15) is 23.6 Å². The van der Waals surface area contributed by atoms with Gasteiger partial charge in [0.1, 0.15) is 29.9 Å². The summed E-state index contributed by atoms with van der Waals surface area (Å²) < 4.78 is 26.1. The van der Waals surface area contributed by atoms with Crippen LogP contribution in [0, 0.1) is 25.1 Å². The zero-order valence-electron chi connectivity index (χ0n) is 28.9. The van der Waals surface area contributed by atoms with Crippen LogP contribution in [-0.4, -0.2) is 49.9 Å². The van der Waals surface area contributed by atoms with Crippen LogP contribution in [0.2, 0.25) is 0 Å². The van der Waals surface area contributed by atoms with Gasteiger partial charge >= 0.3 is 11.5 Å². The maximum atomic E-state index is 14.5. The molecule has 0 bridgehead atoms. The van der Waals surface area contributed by atoms with Crippen LogP contribution < -0.4 is 15.6 Å². The number of nitrogens with zero attached hydrogens (tertiary/aromatic N) is 3. The first-order valence-corrected chi connectivity index (χ1v) is 16.8. The van der Waals surface area contributed by atoms with Crippen LogP contribution in [0.4, 0.5) is 4.39 Å². The fourth-order valence-electron chi connectivity index (χ4n) is 6.72. The Morgan fingerprint density at radius 1 is 1.02 bits per heavy atom. The number of pyridine rings is 1. The van der Waals surface area contributed by atoms with Gasteiger partial charge in [-0.1, -0.05) is 56.3 Å². The topological polar surface area (TPSA) is 144 Å². The quantitative estimate of drug-likeness (QED) is 0.170. The fourth-order valence-corrected chi connectivity index (χ4v) is 6.72. The third-order valence-electron chi connectivity index (χ3n) is 9.52. The Balaban J connectivity index is 1.39. The molecule has 2 aromatic carbocycles. The lowest BCUT2D eigenvalue weighted by Crippen LogP contribution is -2.56. The van der Waals surface area contributed by atoms with Crippen molar-refractivity contribution in [1.29, 1.82) is 0 Å². The van der Waals surface area contributed by atoms with Crippen LogP contribution in [0.3, 0.4) is 0 Å². The summed E-state index contributed by atoms with van der Waals surface area (Å²) in [6.07, 6.45) is 3.13. The van der Waals surface area contributed by atoms with E-state index >= 15 is 0 Å². The van der Waals surface area contributed by atoms with Gasteiger partial charge in [0.15, 0.2) is 5.75 Å². The second kappa shape index (κ2) is 15.4. The van der Waals surface area contributed by atoms with Gasteiger partial charge in [-0.15, -0.1) is 0 Å². The summed E-state index contributed by atoms with van der Waals surface area (Å²) in [5.41, 5.74) is 1.02. The summed E-state index contributed by atoms with van der Waals surface area (Å²) in [5.74, 6) is -1.55. The number of amides is 2.